The summed E-state index contributed by atoms with van der Waals surface area (Å²) in [5.41, 5.74) is 1.40. The third-order valence-corrected chi connectivity index (χ3v) is 8.73. The summed E-state index contributed by atoms with van der Waals surface area (Å²) < 4.78 is 11.9. The molecule has 8 nitrogen and oxygen atoms in total. The molecule has 3 heterocycles. The molecule has 3 fully saturated rings. The van der Waals surface area contributed by atoms with Crippen LogP contribution in [0.4, 0.5) is 5.69 Å². The van der Waals surface area contributed by atoms with Gasteiger partial charge in [0, 0.05) is 17.1 Å². The molecule has 2 bridgehead atoms. The lowest BCUT2D eigenvalue weighted by atomic mass is 9.70. The number of amides is 2. The summed E-state index contributed by atoms with van der Waals surface area (Å²) in [7, 11) is 0. The van der Waals surface area contributed by atoms with Crippen molar-refractivity contribution in [1.82, 2.24) is 4.90 Å². The standard InChI is InChI=1S/C27H35BrN2O6/c1-6-12-29(21-15(4)10-9-11-16(21)5)25(33)23-27-13-18(28)22(36-27)19(26(34)35-8-3)20(27)24(32)30(23)17(7-2)14-31/h6,9-11,17-20,22-23,31H,1,7-8,12-14H2,2-5H3/t17-,18?,19+,20-,22+,23+,27-/m0/s1. The zero-order chi connectivity index (χ0) is 26.4. The second-order valence-corrected chi connectivity index (χ2v) is 11.1. The number of anilines is 1. The highest BCUT2D eigenvalue weighted by atomic mass is 79.9. The Balaban J connectivity index is 1.87. The number of rotatable bonds is 9. The smallest absolute Gasteiger partial charge is 0.312 e. The van der Waals surface area contributed by atoms with E-state index in [1.165, 1.54) is 4.90 Å². The highest BCUT2D eigenvalue weighted by Crippen LogP contribution is 2.61. The number of aryl methyl sites for hydroxylation is 2. The van der Waals surface area contributed by atoms with E-state index in [4.69, 9.17) is 9.47 Å². The molecule has 0 aromatic heterocycles. The quantitative estimate of drug-likeness (QED) is 0.282. The van der Waals surface area contributed by atoms with Crippen molar-refractivity contribution in [3.63, 3.8) is 0 Å². The number of esters is 1. The van der Waals surface area contributed by atoms with Gasteiger partial charge >= 0.3 is 5.97 Å². The van der Waals surface area contributed by atoms with Crippen LogP contribution in [0.5, 0.6) is 0 Å². The van der Waals surface area contributed by atoms with Gasteiger partial charge in [-0.1, -0.05) is 47.1 Å². The zero-order valence-corrected chi connectivity index (χ0v) is 22.9. The van der Waals surface area contributed by atoms with Gasteiger partial charge in [-0.15, -0.1) is 6.58 Å². The Morgan fingerprint density at radius 2 is 2.03 bits per heavy atom. The van der Waals surface area contributed by atoms with E-state index in [2.05, 4.69) is 22.5 Å². The Hall–Kier alpha value is -2.23. The summed E-state index contributed by atoms with van der Waals surface area (Å²) in [5.74, 6) is -2.81. The first-order chi connectivity index (χ1) is 17.2. The van der Waals surface area contributed by atoms with Gasteiger partial charge in [-0.3, -0.25) is 14.4 Å². The summed E-state index contributed by atoms with van der Waals surface area (Å²) >= 11 is 3.66. The lowest BCUT2D eigenvalue weighted by Gasteiger charge is -2.39. The molecule has 9 heteroatoms. The van der Waals surface area contributed by atoms with Crippen LogP contribution in [0, 0.1) is 25.7 Å². The van der Waals surface area contributed by atoms with Crippen LogP contribution in [0.1, 0.15) is 37.8 Å². The number of carbonyl (C=O) groups excluding carboxylic acids is 3. The number of ether oxygens (including phenoxy) is 2. The zero-order valence-electron chi connectivity index (χ0n) is 21.3. The van der Waals surface area contributed by atoms with Crippen LogP contribution in [0.2, 0.25) is 0 Å². The summed E-state index contributed by atoms with van der Waals surface area (Å²) in [5, 5.41) is 10.2. The maximum atomic E-state index is 14.6. The van der Waals surface area contributed by atoms with Crippen molar-refractivity contribution in [3.8, 4) is 0 Å². The average Bonchev–Trinajstić information content (AvgIpc) is 3.43. The fourth-order valence-corrected chi connectivity index (χ4v) is 7.40. The van der Waals surface area contributed by atoms with E-state index in [0.29, 0.717) is 12.8 Å². The molecule has 3 aliphatic rings. The van der Waals surface area contributed by atoms with E-state index >= 15 is 0 Å². The molecule has 2 amide bonds. The summed E-state index contributed by atoms with van der Waals surface area (Å²) in [6.45, 7) is 11.4. The number of hydrogen-bond donors (Lipinski definition) is 1. The van der Waals surface area contributed by atoms with Gasteiger partial charge in [0.15, 0.2) is 0 Å². The number of alkyl halides is 1. The van der Waals surface area contributed by atoms with Gasteiger partial charge in [0.2, 0.25) is 5.91 Å². The molecular weight excluding hydrogens is 528 g/mol. The van der Waals surface area contributed by atoms with Gasteiger partial charge in [0.1, 0.15) is 11.6 Å². The molecule has 3 aliphatic heterocycles. The van der Waals surface area contributed by atoms with Gasteiger partial charge in [-0.05, 0) is 44.7 Å². The number of aliphatic hydroxyl groups excluding tert-OH is 1. The third-order valence-electron chi connectivity index (χ3n) is 7.88. The maximum absolute atomic E-state index is 14.6. The van der Waals surface area contributed by atoms with E-state index < -0.39 is 41.6 Å². The Bertz CT molecular complexity index is 1040. The fraction of sp³-hybridized carbons (Fsp3) is 0.593. The van der Waals surface area contributed by atoms with Gasteiger partial charge in [-0.25, -0.2) is 0 Å². The molecule has 7 atom stereocenters. The van der Waals surface area contributed by atoms with Crippen LogP contribution >= 0.6 is 15.9 Å². The lowest BCUT2D eigenvalue weighted by Crippen LogP contribution is -2.59. The van der Waals surface area contributed by atoms with Crippen molar-refractivity contribution in [2.45, 2.75) is 69.2 Å². The molecule has 4 rings (SSSR count). The summed E-state index contributed by atoms with van der Waals surface area (Å²) in [6, 6.07) is 4.22. The second-order valence-electron chi connectivity index (χ2n) is 9.88. The predicted molar refractivity (Wildman–Crippen MR) is 139 cm³/mol. The van der Waals surface area contributed by atoms with Crippen molar-refractivity contribution >= 4 is 39.4 Å². The minimum absolute atomic E-state index is 0.183. The minimum Gasteiger partial charge on any atom is -0.466 e. The number of halogens is 1. The topological polar surface area (TPSA) is 96.4 Å². The largest absolute Gasteiger partial charge is 0.466 e. The Labute approximate surface area is 220 Å². The molecule has 0 saturated carbocycles. The molecule has 0 radical (unpaired) electrons. The molecule has 1 aromatic carbocycles. The second kappa shape index (κ2) is 10.3. The molecule has 3 saturated heterocycles. The lowest BCUT2D eigenvalue weighted by molar-refractivity contribution is -0.155. The van der Waals surface area contributed by atoms with Gasteiger partial charge in [0.25, 0.3) is 5.91 Å². The van der Waals surface area contributed by atoms with E-state index in [0.717, 1.165) is 16.8 Å². The van der Waals surface area contributed by atoms with E-state index in [-0.39, 0.29) is 36.4 Å². The summed E-state index contributed by atoms with van der Waals surface area (Å²) in [4.78, 5) is 44.6. The van der Waals surface area contributed by atoms with Crippen LogP contribution in [0.15, 0.2) is 30.9 Å². The SMILES string of the molecule is C=CCN(C(=O)[C@H]1N([C@@H](CC)CO)C(=O)[C@@H]2[C@@H](C(=O)OCC)[C@@H]3O[C@@]21CC3Br)c1c(C)cccc1C. The van der Waals surface area contributed by atoms with Crippen LogP contribution in [-0.2, 0) is 23.9 Å². The monoisotopic (exact) mass is 562 g/mol. The minimum atomic E-state index is -1.21. The highest BCUT2D eigenvalue weighted by Gasteiger charge is 2.77. The van der Waals surface area contributed by atoms with Gasteiger partial charge in [0.05, 0.1) is 37.2 Å². The van der Waals surface area contributed by atoms with Crippen LogP contribution in [0.25, 0.3) is 0 Å². The Morgan fingerprint density at radius 3 is 2.58 bits per heavy atom. The third kappa shape index (κ3) is 3.90. The number of hydrogen-bond acceptors (Lipinski definition) is 6. The number of fused-ring (bicyclic) bond motifs is 1. The van der Waals surface area contributed by atoms with Crippen molar-refractivity contribution < 1.29 is 29.0 Å². The van der Waals surface area contributed by atoms with Crippen molar-refractivity contribution in [2.24, 2.45) is 11.8 Å². The normalized spacial score (nSPS) is 31.3. The van der Waals surface area contributed by atoms with Crippen molar-refractivity contribution in [3.05, 3.63) is 42.0 Å². The molecule has 0 aliphatic carbocycles. The van der Waals surface area contributed by atoms with Crippen molar-refractivity contribution in [2.75, 3.05) is 24.7 Å². The molecular formula is C27H35BrN2O6. The molecule has 1 N–H and O–H groups in total. The first-order valence-electron chi connectivity index (χ1n) is 12.6. The number of likely N-dealkylation sites (tertiary alicyclic amines) is 1. The Morgan fingerprint density at radius 1 is 1.36 bits per heavy atom. The highest BCUT2D eigenvalue weighted by molar-refractivity contribution is 9.09. The van der Waals surface area contributed by atoms with Gasteiger partial charge < -0.3 is 24.4 Å². The molecule has 196 valence electrons. The Kier molecular flexibility index (Phi) is 7.65. The van der Waals surface area contributed by atoms with Gasteiger partial charge in [-0.2, -0.15) is 0 Å². The number of aliphatic hydroxyl groups is 1. The molecule has 1 spiro atoms. The van der Waals surface area contributed by atoms with E-state index in [1.54, 1.807) is 17.9 Å². The fourth-order valence-electron chi connectivity index (χ4n) is 6.46. The number of benzene rings is 1. The number of para-hydroxylation sites is 1. The summed E-state index contributed by atoms with van der Waals surface area (Å²) in [6.07, 6.45) is 1.93. The van der Waals surface area contributed by atoms with Crippen molar-refractivity contribution in [1.29, 1.82) is 0 Å². The molecule has 1 aromatic rings. The van der Waals surface area contributed by atoms with E-state index in [1.807, 2.05) is 39.0 Å². The van der Waals surface area contributed by atoms with Crippen LogP contribution in [-0.4, -0.2) is 76.2 Å². The average molecular weight is 563 g/mol. The molecule has 36 heavy (non-hydrogen) atoms. The first kappa shape index (κ1) is 26.8. The first-order valence-corrected chi connectivity index (χ1v) is 13.5. The predicted octanol–water partition coefficient (Wildman–Crippen LogP) is 2.90. The van der Waals surface area contributed by atoms with E-state index in [9.17, 15) is 19.5 Å². The number of carbonyl (C=O) groups is 3. The maximum Gasteiger partial charge on any atom is 0.312 e. The van der Waals surface area contributed by atoms with Crippen LogP contribution in [0.3, 0.4) is 0 Å². The van der Waals surface area contributed by atoms with Crippen LogP contribution < -0.4 is 4.90 Å². The number of nitrogens with zero attached hydrogens (tertiary/aromatic N) is 2. The molecule has 1 unspecified atom stereocenters.